The maximum Gasteiger partial charge on any atom is 1.00 e. The number of nitrogens with zero attached hydrogens (tertiary/aromatic N) is 4. The third kappa shape index (κ3) is 4.85. The number of pyridine rings is 1. The summed E-state index contributed by atoms with van der Waals surface area (Å²) in [5, 5.41) is 17.8. The first-order valence-corrected chi connectivity index (χ1v) is 10.4. The van der Waals surface area contributed by atoms with Crippen molar-refractivity contribution in [1.82, 2.24) is 4.98 Å². The van der Waals surface area contributed by atoms with E-state index in [1.807, 2.05) is 6.07 Å². The summed E-state index contributed by atoms with van der Waals surface area (Å²) in [5.41, 5.74) is 8.78. The van der Waals surface area contributed by atoms with Crippen LogP contribution in [0.4, 0.5) is 17.1 Å². The Labute approximate surface area is 206 Å². The van der Waals surface area contributed by atoms with Gasteiger partial charge in [-0.2, -0.15) is 5.26 Å². The van der Waals surface area contributed by atoms with Crippen LogP contribution in [0.25, 0.3) is 22.0 Å². The Kier molecular flexibility index (Phi) is 7.03. The Morgan fingerprint density at radius 1 is 0.969 bits per heavy atom. The quantitative estimate of drug-likeness (QED) is 0.216. The smallest absolute Gasteiger partial charge is 0.744 e. The van der Waals surface area contributed by atoms with Gasteiger partial charge in [0.05, 0.1) is 34.1 Å². The van der Waals surface area contributed by atoms with Crippen molar-refractivity contribution in [3.63, 3.8) is 0 Å². The standard InChI is InChI=1S/C22H15N5O3S.Na/c23-12-14-4-3-5-15(10-14)19-9-8-16(13-25-19)26-27-20-11-21(31(28,29)30)17-6-1-2-7-18(17)22(20)24;/h1-11,13H,24H2,(H,28,29,30);/q;+1/p-1. The largest absolute Gasteiger partial charge is 1.00 e. The zero-order valence-electron chi connectivity index (χ0n) is 16.9. The summed E-state index contributed by atoms with van der Waals surface area (Å²) in [6, 6.07) is 20.1. The first-order valence-electron chi connectivity index (χ1n) is 9.02. The van der Waals surface area contributed by atoms with E-state index in [2.05, 4.69) is 21.3 Å². The molecule has 0 aliphatic rings. The van der Waals surface area contributed by atoms with Gasteiger partial charge in [0.1, 0.15) is 21.5 Å². The van der Waals surface area contributed by atoms with Crippen molar-refractivity contribution in [2.24, 2.45) is 10.2 Å². The SMILES string of the molecule is N#Cc1cccc(-c2ccc(N=Nc3cc(S(=O)(=O)[O-])c4ccccc4c3N)cn2)c1.[Na+]. The third-order valence-electron chi connectivity index (χ3n) is 4.60. The molecule has 4 aromatic rings. The summed E-state index contributed by atoms with van der Waals surface area (Å²) in [6.07, 6.45) is 1.49. The molecule has 10 heteroatoms. The topological polar surface area (TPSA) is 145 Å². The molecule has 1 heterocycles. The summed E-state index contributed by atoms with van der Waals surface area (Å²) in [7, 11) is -4.74. The van der Waals surface area contributed by atoms with Crippen LogP contribution in [0.1, 0.15) is 5.56 Å². The van der Waals surface area contributed by atoms with Gasteiger partial charge in [-0.15, -0.1) is 10.2 Å². The van der Waals surface area contributed by atoms with E-state index in [4.69, 9.17) is 11.0 Å². The van der Waals surface area contributed by atoms with Crippen LogP contribution in [0.15, 0.2) is 88.1 Å². The van der Waals surface area contributed by atoms with Crippen LogP contribution < -0.4 is 35.3 Å². The molecule has 0 saturated heterocycles. The average molecular weight is 451 g/mol. The Hall–Kier alpha value is -3.13. The van der Waals surface area contributed by atoms with Crippen LogP contribution in [0.5, 0.6) is 0 Å². The first kappa shape index (κ1) is 23.5. The Balaban J connectivity index is 0.00000289. The van der Waals surface area contributed by atoms with Crippen LogP contribution in [-0.2, 0) is 10.1 Å². The fraction of sp³-hybridized carbons (Fsp3) is 0. The second-order valence-electron chi connectivity index (χ2n) is 6.60. The number of fused-ring (bicyclic) bond motifs is 1. The fourth-order valence-electron chi connectivity index (χ4n) is 3.12. The van der Waals surface area contributed by atoms with Crippen molar-refractivity contribution in [3.8, 4) is 17.3 Å². The predicted molar refractivity (Wildman–Crippen MR) is 115 cm³/mol. The molecule has 152 valence electrons. The maximum absolute atomic E-state index is 11.7. The van der Waals surface area contributed by atoms with Gasteiger partial charge in [-0.3, -0.25) is 4.98 Å². The minimum atomic E-state index is -4.74. The molecule has 0 radical (unpaired) electrons. The molecule has 0 unspecified atom stereocenters. The summed E-state index contributed by atoms with van der Waals surface area (Å²) < 4.78 is 35.1. The van der Waals surface area contributed by atoms with E-state index in [9.17, 15) is 13.0 Å². The van der Waals surface area contributed by atoms with E-state index < -0.39 is 15.0 Å². The zero-order chi connectivity index (χ0) is 22.0. The van der Waals surface area contributed by atoms with Gasteiger partial charge in [0, 0.05) is 16.3 Å². The summed E-state index contributed by atoms with van der Waals surface area (Å²) >= 11 is 0. The number of nitrogens with two attached hydrogens (primary N) is 1. The number of nitrogen functional groups attached to an aromatic ring is 1. The molecule has 0 aliphatic heterocycles. The normalized spacial score (nSPS) is 11.2. The van der Waals surface area contributed by atoms with Gasteiger partial charge >= 0.3 is 29.6 Å². The van der Waals surface area contributed by atoms with E-state index in [1.54, 1.807) is 48.5 Å². The molecule has 32 heavy (non-hydrogen) atoms. The number of benzene rings is 3. The molecule has 4 rings (SSSR count). The molecule has 0 saturated carbocycles. The number of azo groups is 1. The Bertz CT molecular complexity index is 1480. The molecular weight excluding hydrogens is 437 g/mol. The van der Waals surface area contributed by atoms with Crippen LogP contribution in [-0.4, -0.2) is 18.0 Å². The van der Waals surface area contributed by atoms with Gasteiger partial charge in [0.25, 0.3) is 0 Å². The van der Waals surface area contributed by atoms with Crippen molar-refractivity contribution >= 4 is 38.0 Å². The second-order valence-corrected chi connectivity index (χ2v) is 7.95. The van der Waals surface area contributed by atoms with E-state index in [0.29, 0.717) is 22.3 Å². The minimum absolute atomic E-state index is 0. The van der Waals surface area contributed by atoms with Crippen molar-refractivity contribution in [1.29, 1.82) is 5.26 Å². The number of hydrogen-bond donors (Lipinski definition) is 1. The number of nitriles is 1. The van der Waals surface area contributed by atoms with E-state index >= 15 is 0 Å². The molecule has 0 bridgehead atoms. The zero-order valence-corrected chi connectivity index (χ0v) is 19.7. The average Bonchev–Trinajstić information content (AvgIpc) is 2.78. The Morgan fingerprint density at radius 3 is 2.38 bits per heavy atom. The van der Waals surface area contributed by atoms with Crippen molar-refractivity contribution < 1.29 is 42.5 Å². The minimum Gasteiger partial charge on any atom is -0.744 e. The molecule has 0 aliphatic carbocycles. The number of rotatable bonds is 4. The van der Waals surface area contributed by atoms with E-state index in [-0.39, 0.29) is 46.3 Å². The van der Waals surface area contributed by atoms with Crippen LogP contribution in [0, 0.1) is 11.3 Å². The van der Waals surface area contributed by atoms with Gasteiger partial charge in [-0.1, -0.05) is 36.4 Å². The monoisotopic (exact) mass is 451 g/mol. The van der Waals surface area contributed by atoms with Gasteiger partial charge in [-0.05, 0) is 30.3 Å². The predicted octanol–water partition coefficient (Wildman–Crippen LogP) is 1.68. The third-order valence-corrected chi connectivity index (χ3v) is 5.48. The number of anilines is 1. The first-order chi connectivity index (χ1) is 14.9. The molecule has 1 aromatic heterocycles. The molecule has 8 nitrogen and oxygen atoms in total. The van der Waals surface area contributed by atoms with Crippen molar-refractivity contribution in [2.45, 2.75) is 4.90 Å². The van der Waals surface area contributed by atoms with Gasteiger partial charge < -0.3 is 10.3 Å². The number of hydrogen-bond acceptors (Lipinski definition) is 8. The summed E-state index contributed by atoms with van der Waals surface area (Å²) in [4.78, 5) is 3.92. The molecular formula is C22H14N5NaO3S. The van der Waals surface area contributed by atoms with Gasteiger partial charge in [0.2, 0.25) is 0 Å². The van der Waals surface area contributed by atoms with Crippen LogP contribution in [0.2, 0.25) is 0 Å². The molecule has 0 spiro atoms. The fourth-order valence-corrected chi connectivity index (χ4v) is 3.82. The van der Waals surface area contributed by atoms with Gasteiger partial charge in [0.15, 0.2) is 0 Å². The van der Waals surface area contributed by atoms with Crippen LogP contribution >= 0.6 is 0 Å². The molecule has 2 N–H and O–H groups in total. The van der Waals surface area contributed by atoms with Crippen LogP contribution in [0.3, 0.4) is 0 Å². The van der Waals surface area contributed by atoms with Crippen molar-refractivity contribution in [3.05, 3.63) is 78.5 Å². The summed E-state index contributed by atoms with van der Waals surface area (Å²) in [5.74, 6) is 0. The molecule has 3 aromatic carbocycles. The van der Waals surface area contributed by atoms with E-state index in [1.165, 1.54) is 12.3 Å². The second kappa shape index (κ2) is 9.56. The molecule has 0 fully saturated rings. The molecule has 0 atom stereocenters. The number of aromatic nitrogens is 1. The van der Waals surface area contributed by atoms with Gasteiger partial charge in [-0.25, -0.2) is 8.42 Å². The Morgan fingerprint density at radius 2 is 1.72 bits per heavy atom. The molecule has 0 amide bonds. The van der Waals surface area contributed by atoms with Crippen molar-refractivity contribution in [2.75, 3.05) is 5.73 Å². The van der Waals surface area contributed by atoms with E-state index in [0.717, 1.165) is 11.6 Å². The maximum atomic E-state index is 11.7. The summed E-state index contributed by atoms with van der Waals surface area (Å²) in [6.45, 7) is 0.